The molecular formula is C23H20N4O3. The lowest BCUT2D eigenvalue weighted by atomic mass is 10.0. The molecule has 1 unspecified atom stereocenters. The van der Waals surface area contributed by atoms with Gasteiger partial charge in [-0.3, -0.25) is 19.4 Å². The first-order valence-electron chi connectivity index (χ1n) is 9.96. The van der Waals surface area contributed by atoms with Crippen LogP contribution in [0.3, 0.4) is 0 Å². The minimum atomic E-state index is -0.684. The molecule has 0 saturated heterocycles. The highest BCUT2D eigenvalue weighted by molar-refractivity contribution is 6.06. The van der Waals surface area contributed by atoms with E-state index in [1.165, 1.54) is 0 Å². The zero-order chi connectivity index (χ0) is 20.7. The Bertz CT molecular complexity index is 1170. The third kappa shape index (κ3) is 3.18. The van der Waals surface area contributed by atoms with Gasteiger partial charge in [-0.2, -0.15) is 0 Å². The molecule has 150 valence electrons. The summed E-state index contributed by atoms with van der Waals surface area (Å²) in [6.45, 7) is -0.180. The topological polar surface area (TPSA) is 91.4 Å². The van der Waals surface area contributed by atoms with Gasteiger partial charge in [0.1, 0.15) is 6.04 Å². The lowest BCUT2D eigenvalue weighted by Gasteiger charge is -2.24. The Morgan fingerprint density at radius 2 is 1.87 bits per heavy atom. The van der Waals surface area contributed by atoms with Gasteiger partial charge in [-0.1, -0.05) is 24.3 Å². The number of rotatable bonds is 5. The quantitative estimate of drug-likeness (QED) is 0.689. The predicted molar refractivity (Wildman–Crippen MR) is 112 cm³/mol. The molecule has 1 aromatic heterocycles. The van der Waals surface area contributed by atoms with Crippen LogP contribution in [0.1, 0.15) is 34.8 Å². The van der Waals surface area contributed by atoms with Crippen molar-refractivity contribution in [2.45, 2.75) is 24.9 Å². The summed E-state index contributed by atoms with van der Waals surface area (Å²) in [5.74, 6) is -0.786. The highest BCUT2D eigenvalue weighted by atomic mass is 16.2. The number of fused-ring (bicyclic) bond motifs is 2. The van der Waals surface area contributed by atoms with Gasteiger partial charge in [-0.05, 0) is 48.7 Å². The van der Waals surface area contributed by atoms with Gasteiger partial charge in [0, 0.05) is 23.2 Å². The molecule has 1 saturated carbocycles. The van der Waals surface area contributed by atoms with Crippen LogP contribution in [0.5, 0.6) is 0 Å². The van der Waals surface area contributed by atoms with E-state index in [4.69, 9.17) is 0 Å². The molecule has 5 rings (SSSR count). The van der Waals surface area contributed by atoms with Crippen molar-refractivity contribution in [2.75, 3.05) is 11.9 Å². The van der Waals surface area contributed by atoms with Crippen molar-refractivity contribution < 1.29 is 14.4 Å². The standard InChI is InChI=1S/C23H20N4O3/c28-20(26-19-9-3-8-18-17(19)7-4-12-24-18)13-25-22(29)21-15-5-1-2-6-16(15)23(30)27(21)14-10-11-14/h1-9,12,14,21H,10-11,13H2,(H,25,29)(H,26,28). The zero-order valence-electron chi connectivity index (χ0n) is 16.2. The molecule has 30 heavy (non-hydrogen) atoms. The van der Waals surface area contributed by atoms with Crippen molar-refractivity contribution in [1.82, 2.24) is 15.2 Å². The molecule has 1 aliphatic heterocycles. The van der Waals surface area contributed by atoms with Crippen LogP contribution in [0.25, 0.3) is 10.9 Å². The van der Waals surface area contributed by atoms with Crippen molar-refractivity contribution in [3.8, 4) is 0 Å². The van der Waals surface area contributed by atoms with Gasteiger partial charge < -0.3 is 15.5 Å². The summed E-state index contributed by atoms with van der Waals surface area (Å²) in [7, 11) is 0. The van der Waals surface area contributed by atoms with Crippen LogP contribution in [-0.4, -0.2) is 40.2 Å². The number of aromatic nitrogens is 1. The zero-order valence-corrected chi connectivity index (χ0v) is 16.2. The highest BCUT2D eigenvalue weighted by Gasteiger charge is 2.47. The molecule has 2 aliphatic rings. The van der Waals surface area contributed by atoms with E-state index in [-0.39, 0.29) is 30.3 Å². The van der Waals surface area contributed by atoms with E-state index >= 15 is 0 Å². The van der Waals surface area contributed by atoms with E-state index in [9.17, 15) is 14.4 Å². The van der Waals surface area contributed by atoms with Crippen LogP contribution in [0, 0.1) is 0 Å². The molecule has 1 atom stereocenters. The van der Waals surface area contributed by atoms with Crippen LogP contribution in [-0.2, 0) is 9.59 Å². The average Bonchev–Trinajstić information content (AvgIpc) is 3.56. The van der Waals surface area contributed by atoms with Crippen molar-refractivity contribution in [3.05, 3.63) is 71.9 Å². The van der Waals surface area contributed by atoms with Crippen molar-refractivity contribution in [3.63, 3.8) is 0 Å². The normalized spacial score (nSPS) is 17.7. The molecule has 1 aliphatic carbocycles. The SMILES string of the molecule is O=C(CNC(=O)C1c2ccccc2C(=O)N1C1CC1)Nc1cccc2ncccc12. The molecule has 7 heteroatoms. The van der Waals surface area contributed by atoms with Gasteiger partial charge in [-0.25, -0.2) is 0 Å². The second-order valence-corrected chi connectivity index (χ2v) is 7.58. The number of pyridine rings is 1. The third-order valence-corrected chi connectivity index (χ3v) is 5.53. The molecule has 2 aromatic carbocycles. The fourth-order valence-corrected chi connectivity index (χ4v) is 4.00. The number of nitrogens with one attached hydrogen (secondary N) is 2. The molecule has 3 amide bonds. The van der Waals surface area contributed by atoms with Gasteiger partial charge in [0.2, 0.25) is 11.8 Å². The summed E-state index contributed by atoms with van der Waals surface area (Å²) in [6.07, 6.45) is 3.50. The Hall–Kier alpha value is -3.74. The molecule has 2 heterocycles. The van der Waals surface area contributed by atoms with Gasteiger partial charge in [0.25, 0.3) is 5.91 Å². The maximum absolute atomic E-state index is 13.0. The highest BCUT2D eigenvalue weighted by Crippen LogP contribution is 2.41. The number of anilines is 1. The van der Waals surface area contributed by atoms with Gasteiger partial charge in [0.05, 0.1) is 17.7 Å². The van der Waals surface area contributed by atoms with Crippen molar-refractivity contribution in [1.29, 1.82) is 0 Å². The number of hydrogen-bond acceptors (Lipinski definition) is 4. The lowest BCUT2D eigenvalue weighted by Crippen LogP contribution is -2.42. The first-order valence-corrected chi connectivity index (χ1v) is 9.96. The first-order chi connectivity index (χ1) is 14.6. The van der Waals surface area contributed by atoms with Gasteiger partial charge in [-0.15, -0.1) is 0 Å². The second-order valence-electron chi connectivity index (χ2n) is 7.58. The Morgan fingerprint density at radius 3 is 2.70 bits per heavy atom. The summed E-state index contributed by atoms with van der Waals surface area (Å²) in [5.41, 5.74) is 2.69. The fraction of sp³-hybridized carbons (Fsp3) is 0.217. The summed E-state index contributed by atoms with van der Waals surface area (Å²) >= 11 is 0. The summed E-state index contributed by atoms with van der Waals surface area (Å²) in [4.78, 5) is 44.2. The first kappa shape index (κ1) is 18.3. The largest absolute Gasteiger partial charge is 0.345 e. The Morgan fingerprint density at radius 1 is 1.03 bits per heavy atom. The smallest absolute Gasteiger partial charge is 0.255 e. The molecule has 0 spiro atoms. The second kappa shape index (κ2) is 7.26. The van der Waals surface area contributed by atoms with Crippen LogP contribution >= 0.6 is 0 Å². The average molecular weight is 400 g/mol. The summed E-state index contributed by atoms with van der Waals surface area (Å²) in [6, 6.07) is 15.8. The molecule has 1 fully saturated rings. The number of carbonyl (C=O) groups is 3. The molecule has 3 aromatic rings. The lowest BCUT2D eigenvalue weighted by molar-refractivity contribution is -0.127. The Labute approximate surface area is 173 Å². The molecule has 0 radical (unpaired) electrons. The van der Waals surface area contributed by atoms with Crippen LogP contribution < -0.4 is 10.6 Å². The van der Waals surface area contributed by atoms with Crippen molar-refractivity contribution in [2.24, 2.45) is 0 Å². The number of hydrogen-bond donors (Lipinski definition) is 2. The maximum Gasteiger partial charge on any atom is 0.255 e. The number of benzene rings is 2. The maximum atomic E-state index is 13.0. The molecule has 2 N–H and O–H groups in total. The van der Waals surface area contributed by atoms with E-state index in [1.54, 1.807) is 35.4 Å². The van der Waals surface area contributed by atoms with Gasteiger partial charge >= 0.3 is 0 Å². The van der Waals surface area contributed by atoms with E-state index in [1.807, 2.05) is 30.3 Å². The number of nitrogens with zero attached hydrogens (tertiary/aromatic N) is 2. The monoisotopic (exact) mass is 400 g/mol. The molecule has 7 nitrogen and oxygen atoms in total. The van der Waals surface area contributed by atoms with Gasteiger partial charge in [0.15, 0.2) is 0 Å². The van der Waals surface area contributed by atoms with E-state index in [2.05, 4.69) is 15.6 Å². The Kier molecular flexibility index (Phi) is 4.43. The summed E-state index contributed by atoms with van der Waals surface area (Å²) < 4.78 is 0. The predicted octanol–water partition coefficient (Wildman–Crippen LogP) is 2.65. The van der Waals surface area contributed by atoms with E-state index < -0.39 is 6.04 Å². The van der Waals surface area contributed by atoms with E-state index in [0.717, 1.165) is 23.7 Å². The number of carbonyl (C=O) groups excluding carboxylic acids is 3. The minimum absolute atomic E-state index is 0.0951. The van der Waals surface area contributed by atoms with Crippen LogP contribution in [0.4, 0.5) is 5.69 Å². The van der Waals surface area contributed by atoms with Crippen molar-refractivity contribution >= 4 is 34.3 Å². The third-order valence-electron chi connectivity index (χ3n) is 5.53. The molecule has 0 bridgehead atoms. The fourth-order valence-electron chi connectivity index (χ4n) is 4.00. The molecular weight excluding hydrogens is 380 g/mol. The van der Waals surface area contributed by atoms with Crippen LogP contribution in [0.15, 0.2) is 60.8 Å². The Balaban J connectivity index is 1.30. The summed E-state index contributed by atoms with van der Waals surface area (Å²) in [5, 5.41) is 6.37. The van der Waals surface area contributed by atoms with E-state index in [0.29, 0.717) is 16.8 Å². The minimum Gasteiger partial charge on any atom is -0.345 e. The van der Waals surface area contributed by atoms with Crippen LogP contribution in [0.2, 0.25) is 0 Å². The number of amides is 3.